The number of thiophene rings is 1. The van der Waals surface area contributed by atoms with Crippen molar-refractivity contribution in [2.75, 3.05) is 19.1 Å². The number of methoxy groups -OCH3 is 1. The number of amides is 2. The van der Waals surface area contributed by atoms with Gasteiger partial charge in [0.25, 0.3) is 11.8 Å². The van der Waals surface area contributed by atoms with Gasteiger partial charge in [-0.05, 0) is 54.1 Å². The highest BCUT2D eigenvalue weighted by atomic mass is 32.2. The van der Waals surface area contributed by atoms with Gasteiger partial charge < -0.3 is 4.74 Å². The highest BCUT2D eigenvalue weighted by Gasteiger charge is 2.26. The number of sulfonamides is 1. The first-order valence-electron chi connectivity index (χ1n) is 8.16. The van der Waals surface area contributed by atoms with Crippen molar-refractivity contribution in [3.8, 4) is 5.75 Å². The summed E-state index contributed by atoms with van der Waals surface area (Å²) in [6, 6.07) is 8.12. The van der Waals surface area contributed by atoms with Crippen LogP contribution in [-0.4, -0.2) is 45.4 Å². The number of rotatable bonds is 9. The summed E-state index contributed by atoms with van der Waals surface area (Å²) in [5.41, 5.74) is 4.58. The molecular weight excluding hydrogens is 422 g/mol. The van der Waals surface area contributed by atoms with E-state index in [-0.39, 0.29) is 11.3 Å². The van der Waals surface area contributed by atoms with E-state index in [9.17, 15) is 18.0 Å². The van der Waals surface area contributed by atoms with Crippen LogP contribution in [0.25, 0.3) is 0 Å². The van der Waals surface area contributed by atoms with Gasteiger partial charge in [-0.25, -0.2) is 8.42 Å². The first-order chi connectivity index (χ1) is 13.4. The van der Waals surface area contributed by atoms with E-state index in [1.807, 2.05) is 6.26 Å². The number of hydrogen-bond donors (Lipinski definition) is 3. The summed E-state index contributed by atoms with van der Waals surface area (Å²) < 4.78 is 32.6. The van der Waals surface area contributed by atoms with Gasteiger partial charge in [0.05, 0.1) is 16.9 Å². The van der Waals surface area contributed by atoms with E-state index in [2.05, 4.69) is 15.6 Å². The minimum atomic E-state index is -3.93. The van der Waals surface area contributed by atoms with Crippen LogP contribution in [0.1, 0.15) is 16.1 Å². The molecule has 0 aliphatic carbocycles. The lowest BCUT2D eigenvalue weighted by Crippen LogP contribution is -2.52. The number of thioether (sulfide) groups is 1. The predicted octanol–water partition coefficient (Wildman–Crippen LogP) is 1.62. The maximum absolute atomic E-state index is 12.6. The first-order valence-corrected chi connectivity index (χ1v) is 11.9. The Morgan fingerprint density at radius 1 is 1.18 bits per heavy atom. The van der Waals surface area contributed by atoms with Gasteiger partial charge >= 0.3 is 0 Å². The SMILES string of the molecule is COc1ccc(S(=O)(=O)N[C@H](CCSC)C(=O)NNC(=O)c2cccs2)cc1. The van der Waals surface area contributed by atoms with E-state index in [4.69, 9.17) is 4.74 Å². The van der Waals surface area contributed by atoms with E-state index < -0.39 is 27.9 Å². The number of ether oxygens (including phenoxy) is 1. The average molecular weight is 444 g/mol. The van der Waals surface area contributed by atoms with E-state index in [1.165, 1.54) is 54.5 Å². The fourth-order valence-corrected chi connectivity index (χ4v) is 4.48. The molecule has 0 radical (unpaired) electrons. The van der Waals surface area contributed by atoms with Gasteiger partial charge in [0, 0.05) is 0 Å². The maximum Gasteiger partial charge on any atom is 0.279 e. The third-order valence-corrected chi connectivity index (χ3v) is 6.64. The molecule has 0 saturated heterocycles. The average Bonchev–Trinajstić information content (AvgIpc) is 3.24. The molecule has 0 spiro atoms. The Hall–Kier alpha value is -2.08. The lowest BCUT2D eigenvalue weighted by atomic mass is 10.2. The number of hydrogen-bond acceptors (Lipinski definition) is 7. The zero-order valence-electron chi connectivity index (χ0n) is 15.3. The smallest absolute Gasteiger partial charge is 0.279 e. The normalized spacial score (nSPS) is 12.2. The number of benzene rings is 1. The van der Waals surface area contributed by atoms with Crippen LogP contribution >= 0.6 is 23.1 Å². The molecule has 11 heteroatoms. The summed E-state index contributed by atoms with van der Waals surface area (Å²) >= 11 is 2.71. The van der Waals surface area contributed by atoms with E-state index in [0.29, 0.717) is 16.4 Å². The highest BCUT2D eigenvalue weighted by molar-refractivity contribution is 7.98. The fraction of sp³-hybridized carbons (Fsp3) is 0.294. The minimum Gasteiger partial charge on any atom is -0.497 e. The Bertz CT molecular complexity index is 883. The van der Waals surface area contributed by atoms with Crippen LogP contribution in [0.4, 0.5) is 0 Å². The standard InChI is InChI=1S/C17H21N3O5S3/c1-25-12-5-7-13(8-6-12)28(23,24)20-14(9-11-26-2)16(21)18-19-17(22)15-4-3-10-27-15/h3-8,10,14,20H,9,11H2,1-2H3,(H,18,21)(H,19,22)/t14-/m1/s1. The molecule has 0 saturated carbocycles. The lowest BCUT2D eigenvalue weighted by molar-refractivity contribution is -0.123. The van der Waals surface area contributed by atoms with Crippen LogP contribution in [0.2, 0.25) is 0 Å². The van der Waals surface area contributed by atoms with Crippen LogP contribution in [0.3, 0.4) is 0 Å². The number of hydrazine groups is 1. The quantitative estimate of drug-likeness (QED) is 0.508. The second kappa shape index (κ2) is 10.5. The third-order valence-electron chi connectivity index (χ3n) is 3.64. The molecule has 0 fully saturated rings. The molecule has 8 nitrogen and oxygen atoms in total. The van der Waals surface area contributed by atoms with Crippen molar-refractivity contribution >= 4 is 44.9 Å². The highest BCUT2D eigenvalue weighted by Crippen LogP contribution is 2.16. The Morgan fingerprint density at radius 2 is 1.89 bits per heavy atom. The van der Waals surface area contributed by atoms with Gasteiger partial charge in [0.1, 0.15) is 11.8 Å². The summed E-state index contributed by atoms with van der Waals surface area (Å²) in [5, 5.41) is 1.74. The second-order valence-electron chi connectivity index (χ2n) is 5.55. The van der Waals surface area contributed by atoms with Crippen LogP contribution in [-0.2, 0) is 14.8 Å². The molecule has 1 heterocycles. The van der Waals surface area contributed by atoms with Crippen molar-refractivity contribution in [3.63, 3.8) is 0 Å². The Labute approximate surface area is 172 Å². The molecule has 0 unspecified atom stereocenters. The molecule has 1 aromatic heterocycles. The molecule has 2 rings (SSSR count). The zero-order chi connectivity index (χ0) is 20.6. The van der Waals surface area contributed by atoms with Gasteiger partial charge in [0.15, 0.2) is 0 Å². The van der Waals surface area contributed by atoms with Crippen LogP contribution in [0.15, 0.2) is 46.7 Å². The Kier molecular flexibility index (Phi) is 8.30. The van der Waals surface area contributed by atoms with Crippen molar-refractivity contribution in [2.45, 2.75) is 17.4 Å². The second-order valence-corrected chi connectivity index (χ2v) is 9.20. The van der Waals surface area contributed by atoms with E-state index in [0.717, 1.165) is 0 Å². The molecule has 2 aromatic rings. The summed E-state index contributed by atoms with van der Waals surface area (Å²) in [4.78, 5) is 24.8. The summed E-state index contributed by atoms with van der Waals surface area (Å²) in [7, 11) is -2.45. The first kappa shape index (κ1) is 22.2. The summed E-state index contributed by atoms with van der Waals surface area (Å²) in [6.07, 6.45) is 2.11. The van der Waals surface area contributed by atoms with Crippen molar-refractivity contribution < 1.29 is 22.7 Å². The van der Waals surface area contributed by atoms with E-state index in [1.54, 1.807) is 17.5 Å². The van der Waals surface area contributed by atoms with Gasteiger partial charge in [-0.1, -0.05) is 6.07 Å². The molecule has 0 aliphatic heterocycles. The minimum absolute atomic E-state index is 0.0119. The fourth-order valence-electron chi connectivity index (χ4n) is 2.16. The van der Waals surface area contributed by atoms with Crippen molar-refractivity contribution in [3.05, 3.63) is 46.7 Å². The van der Waals surface area contributed by atoms with Crippen LogP contribution < -0.4 is 20.3 Å². The maximum atomic E-state index is 12.6. The molecule has 152 valence electrons. The molecule has 0 aliphatic rings. The molecule has 1 aromatic carbocycles. The number of carbonyl (C=O) groups is 2. The topological polar surface area (TPSA) is 114 Å². The van der Waals surface area contributed by atoms with E-state index >= 15 is 0 Å². The van der Waals surface area contributed by atoms with Gasteiger partial charge in [0.2, 0.25) is 10.0 Å². The monoisotopic (exact) mass is 443 g/mol. The van der Waals surface area contributed by atoms with Crippen LogP contribution in [0, 0.1) is 0 Å². The van der Waals surface area contributed by atoms with Crippen molar-refractivity contribution in [2.24, 2.45) is 0 Å². The van der Waals surface area contributed by atoms with Crippen LogP contribution in [0.5, 0.6) is 5.75 Å². The molecule has 3 N–H and O–H groups in total. The summed E-state index contributed by atoms with van der Waals surface area (Å²) in [6.45, 7) is 0. The predicted molar refractivity (Wildman–Crippen MR) is 110 cm³/mol. The molecular formula is C17H21N3O5S3. The van der Waals surface area contributed by atoms with Gasteiger partial charge in [-0.2, -0.15) is 16.5 Å². The number of nitrogens with one attached hydrogen (secondary N) is 3. The summed E-state index contributed by atoms with van der Waals surface area (Å²) in [5.74, 6) is -0.0322. The molecule has 2 amide bonds. The van der Waals surface area contributed by atoms with Gasteiger partial charge in [-0.15, -0.1) is 11.3 Å². The zero-order valence-corrected chi connectivity index (χ0v) is 17.7. The van der Waals surface area contributed by atoms with Gasteiger partial charge in [-0.3, -0.25) is 20.4 Å². The largest absolute Gasteiger partial charge is 0.497 e. The Morgan fingerprint density at radius 3 is 2.46 bits per heavy atom. The van der Waals surface area contributed by atoms with Crippen molar-refractivity contribution in [1.29, 1.82) is 0 Å². The molecule has 28 heavy (non-hydrogen) atoms. The Balaban J connectivity index is 2.06. The molecule has 1 atom stereocenters. The van der Waals surface area contributed by atoms with Crippen molar-refractivity contribution in [1.82, 2.24) is 15.6 Å². The number of carbonyl (C=O) groups excluding carboxylic acids is 2. The third kappa shape index (κ3) is 6.23. The lowest BCUT2D eigenvalue weighted by Gasteiger charge is -2.18. The molecule has 0 bridgehead atoms.